The molecule has 0 heterocycles. The van der Waals surface area contributed by atoms with E-state index in [0.29, 0.717) is 18.2 Å². The monoisotopic (exact) mass is 287 g/mol. The molecule has 0 saturated carbocycles. The van der Waals surface area contributed by atoms with Gasteiger partial charge in [0.05, 0.1) is 7.11 Å². The predicted octanol–water partition coefficient (Wildman–Crippen LogP) is 4.31. The first-order chi connectivity index (χ1) is 10.0. The van der Waals surface area contributed by atoms with Crippen molar-refractivity contribution in [2.24, 2.45) is 0 Å². The number of aryl methyl sites for hydroxylation is 1. The van der Waals surface area contributed by atoms with E-state index in [9.17, 15) is 4.39 Å². The highest BCUT2D eigenvalue weighted by molar-refractivity contribution is 5.67. The highest BCUT2D eigenvalue weighted by atomic mass is 19.1. The maximum Gasteiger partial charge on any atom is 0.131 e. The molecule has 0 bridgehead atoms. The van der Waals surface area contributed by atoms with E-state index < -0.39 is 0 Å². The Balaban J connectivity index is 2.41. The van der Waals surface area contributed by atoms with Crippen molar-refractivity contribution in [2.75, 3.05) is 7.11 Å². The Kier molecular flexibility index (Phi) is 4.97. The van der Waals surface area contributed by atoms with Crippen LogP contribution >= 0.6 is 0 Å². The summed E-state index contributed by atoms with van der Waals surface area (Å²) in [6, 6.07) is 11.3. The fourth-order valence-electron chi connectivity index (χ4n) is 2.26. The first-order valence-electron chi connectivity index (χ1n) is 7.18. The van der Waals surface area contributed by atoms with Crippen LogP contribution in [0.3, 0.4) is 0 Å². The molecule has 2 aromatic carbocycles. The molecule has 2 nitrogen and oxygen atoms in total. The van der Waals surface area contributed by atoms with Gasteiger partial charge in [0.15, 0.2) is 0 Å². The van der Waals surface area contributed by atoms with Gasteiger partial charge in [-0.25, -0.2) is 4.39 Å². The molecule has 21 heavy (non-hydrogen) atoms. The van der Waals surface area contributed by atoms with Gasteiger partial charge in [-0.1, -0.05) is 31.5 Å². The van der Waals surface area contributed by atoms with Crippen LogP contribution < -0.4 is 10.1 Å². The first-order valence-corrected chi connectivity index (χ1v) is 7.18. The zero-order valence-electron chi connectivity index (χ0n) is 13.0. The average molecular weight is 287 g/mol. The van der Waals surface area contributed by atoms with E-state index in [4.69, 9.17) is 4.74 Å². The number of hydrogen-bond donors (Lipinski definition) is 1. The van der Waals surface area contributed by atoms with E-state index in [1.807, 2.05) is 31.2 Å². The van der Waals surface area contributed by atoms with E-state index >= 15 is 0 Å². The molecule has 0 saturated heterocycles. The Bertz CT molecular complexity index is 623. The average Bonchev–Trinajstić information content (AvgIpc) is 2.47. The van der Waals surface area contributed by atoms with Crippen LogP contribution in [0.4, 0.5) is 4.39 Å². The van der Waals surface area contributed by atoms with Gasteiger partial charge >= 0.3 is 0 Å². The van der Waals surface area contributed by atoms with Gasteiger partial charge < -0.3 is 10.1 Å². The minimum absolute atomic E-state index is 0.200. The summed E-state index contributed by atoms with van der Waals surface area (Å²) in [5.41, 5.74) is 3.58. The quantitative estimate of drug-likeness (QED) is 0.885. The van der Waals surface area contributed by atoms with Crippen LogP contribution in [0.25, 0.3) is 11.1 Å². The van der Waals surface area contributed by atoms with Crippen LogP contribution in [0.1, 0.15) is 25.0 Å². The van der Waals surface area contributed by atoms with Crippen molar-refractivity contribution in [1.29, 1.82) is 0 Å². The molecular weight excluding hydrogens is 265 g/mol. The van der Waals surface area contributed by atoms with E-state index in [1.165, 1.54) is 6.07 Å². The molecule has 2 rings (SSSR count). The highest BCUT2D eigenvalue weighted by Gasteiger charge is 2.10. The molecule has 0 aliphatic heterocycles. The third kappa shape index (κ3) is 3.82. The molecule has 3 heteroatoms. The van der Waals surface area contributed by atoms with Crippen LogP contribution in [0, 0.1) is 12.7 Å². The van der Waals surface area contributed by atoms with Crippen LogP contribution in [0.15, 0.2) is 36.4 Å². The highest BCUT2D eigenvalue weighted by Crippen LogP contribution is 2.29. The lowest BCUT2D eigenvalue weighted by molar-refractivity contribution is 0.406. The lowest BCUT2D eigenvalue weighted by atomic mass is 10.00. The summed E-state index contributed by atoms with van der Waals surface area (Å²) in [5, 5.41) is 3.37. The summed E-state index contributed by atoms with van der Waals surface area (Å²) in [7, 11) is 1.65. The number of halogens is 1. The predicted molar refractivity (Wildman–Crippen MR) is 85.1 cm³/mol. The minimum atomic E-state index is -0.200. The third-order valence-corrected chi connectivity index (χ3v) is 3.41. The number of ether oxygens (including phenoxy) is 1. The molecule has 0 aliphatic carbocycles. The molecule has 1 N–H and O–H groups in total. The third-order valence-electron chi connectivity index (χ3n) is 3.41. The van der Waals surface area contributed by atoms with Crippen molar-refractivity contribution in [3.63, 3.8) is 0 Å². The molecule has 0 amide bonds. The Morgan fingerprint density at radius 2 is 1.90 bits per heavy atom. The summed E-state index contributed by atoms with van der Waals surface area (Å²) < 4.78 is 19.4. The molecule has 112 valence electrons. The zero-order valence-corrected chi connectivity index (χ0v) is 13.0. The number of benzene rings is 2. The molecule has 0 fully saturated rings. The van der Waals surface area contributed by atoms with Crippen LogP contribution in [-0.2, 0) is 6.54 Å². The van der Waals surface area contributed by atoms with Gasteiger partial charge in [-0.3, -0.25) is 0 Å². The van der Waals surface area contributed by atoms with Gasteiger partial charge in [-0.2, -0.15) is 0 Å². The lowest BCUT2D eigenvalue weighted by Crippen LogP contribution is -2.22. The maximum atomic E-state index is 14.0. The zero-order chi connectivity index (χ0) is 15.4. The number of methoxy groups -OCH3 is 1. The Labute approximate surface area is 126 Å². The van der Waals surface area contributed by atoms with E-state index in [0.717, 1.165) is 22.4 Å². The second-order valence-corrected chi connectivity index (χ2v) is 5.55. The molecule has 2 aromatic rings. The molecule has 0 aromatic heterocycles. The van der Waals surface area contributed by atoms with Gasteiger partial charge in [0.25, 0.3) is 0 Å². The molecule has 0 unspecified atom stereocenters. The lowest BCUT2D eigenvalue weighted by Gasteiger charge is -2.14. The van der Waals surface area contributed by atoms with E-state index in [2.05, 4.69) is 19.2 Å². The van der Waals surface area contributed by atoms with Crippen LogP contribution in [0.2, 0.25) is 0 Å². The second kappa shape index (κ2) is 6.72. The SMILES string of the molecule is COc1ccc(-c2cc(C)ccc2F)cc1CNC(C)C. The van der Waals surface area contributed by atoms with E-state index in [-0.39, 0.29) is 5.82 Å². The van der Waals surface area contributed by atoms with Gasteiger partial charge in [0, 0.05) is 23.7 Å². The summed E-state index contributed by atoms with van der Waals surface area (Å²) in [4.78, 5) is 0. The fraction of sp³-hybridized carbons (Fsp3) is 0.333. The topological polar surface area (TPSA) is 21.3 Å². The Morgan fingerprint density at radius 3 is 2.57 bits per heavy atom. The van der Waals surface area contributed by atoms with Crippen molar-refractivity contribution < 1.29 is 9.13 Å². The first kappa shape index (κ1) is 15.5. The molecule has 0 aliphatic rings. The minimum Gasteiger partial charge on any atom is -0.496 e. The number of hydrogen-bond acceptors (Lipinski definition) is 2. The van der Waals surface area contributed by atoms with Gasteiger partial charge in [0.2, 0.25) is 0 Å². The largest absolute Gasteiger partial charge is 0.496 e. The van der Waals surface area contributed by atoms with Crippen LogP contribution in [0.5, 0.6) is 5.75 Å². The second-order valence-electron chi connectivity index (χ2n) is 5.55. The molecular formula is C18H22FNO. The smallest absolute Gasteiger partial charge is 0.131 e. The summed E-state index contributed by atoms with van der Waals surface area (Å²) in [6.45, 7) is 6.85. The van der Waals surface area contributed by atoms with Gasteiger partial charge in [-0.05, 0) is 36.8 Å². The van der Waals surface area contributed by atoms with Crippen molar-refractivity contribution in [1.82, 2.24) is 5.32 Å². The fourth-order valence-corrected chi connectivity index (χ4v) is 2.26. The van der Waals surface area contributed by atoms with Crippen molar-refractivity contribution in [3.05, 3.63) is 53.3 Å². The maximum absolute atomic E-state index is 14.0. The molecule has 0 atom stereocenters. The summed E-state index contributed by atoms with van der Waals surface area (Å²) in [6.07, 6.45) is 0. The van der Waals surface area contributed by atoms with Crippen molar-refractivity contribution in [3.8, 4) is 16.9 Å². The standard InChI is InChI=1S/C18H22FNO/c1-12(2)20-11-15-10-14(6-8-18(15)21-4)16-9-13(3)5-7-17(16)19/h5-10,12,20H,11H2,1-4H3. The normalized spacial score (nSPS) is 11.0. The Hall–Kier alpha value is -1.87. The molecule has 0 spiro atoms. The Morgan fingerprint density at radius 1 is 1.14 bits per heavy atom. The van der Waals surface area contributed by atoms with Crippen LogP contribution in [-0.4, -0.2) is 13.2 Å². The number of rotatable bonds is 5. The van der Waals surface area contributed by atoms with Gasteiger partial charge in [0.1, 0.15) is 11.6 Å². The van der Waals surface area contributed by atoms with Crippen molar-refractivity contribution >= 4 is 0 Å². The summed E-state index contributed by atoms with van der Waals surface area (Å²) >= 11 is 0. The van der Waals surface area contributed by atoms with Crippen molar-refractivity contribution in [2.45, 2.75) is 33.4 Å². The van der Waals surface area contributed by atoms with E-state index in [1.54, 1.807) is 13.2 Å². The number of nitrogens with one attached hydrogen (secondary N) is 1. The molecule has 0 radical (unpaired) electrons. The summed E-state index contributed by atoms with van der Waals surface area (Å²) in [5.74, 6) is 0.619. The van der Waals surface area contributed by atoms with Gasteiger partial charge in [-0.15, -0.1) is 0 Å².